The highest BCUT2D eigenvalue weighted by Gasteiger charge is 2.05. The molecule has 0 amide bonds. The molecule has 1 unspecified atom stereocenters. The first-order chi connectivity index (χ1) is 8.21. The average molecular weight is 238 g/mol. The van der Waals surface area contributed by atoms with Gasteiger partial charge in [-0.05, 0) is 31.0 Å². The van der Waals surface area contributed by atoms with E-state index in [1.807, 2.05) is 18.2 Å². The van der Waals surface area contributed by atoms with Gasteiger partial charge in [0.25, 0.3) is 0 Å². The SMILES string of the molecule is COc1ccc(OC)c(NCCC(C)CN)c1. The third-order valence-corrected chi connectivity index (χ3v) is 2.76. The smallest absolute Gasteiger partial charge is 0.142 e. The minimum atomic E-state index is 0.527. The van der Waals surface area contributed by atoms with Crippen LogP contribution in [-0.2, 0) is 0 Å². The van der Waals surface area contributed by atoms with Crippen molar-refractivity contribution in [2.24, 2.45) is 11.7 Å². The lowest BCUT2D eigenvalue weighted by molar-refractivity contribution is 0.404. The number of ether oxygens (including phenoxy) is 2. The summed E-state index contributed by atoms with van der Waals surface area (Å²) in [4.78, 5) is 0. The molecule has 1 aromatic carbocycles. The molecule has 0 spiro atoms. The van der Waals surface area contributed by atoms with Crippen molar-refractivity contribution in [1.82, 2.24) is 0 Å². The van der Waals surface area contributed by atoms with Gasteiger partial charge in [0.1, 0.15) is 11.5 Å². The Bertz CT molecular complexity index is 342. The number of anilines is 1. The van der Waals surface area contributed by atoms with Crippen LogP contribution in [0.15, 0.2) is 18.2 Å². The second-order valence-electron chi connectivity index (χ2n) is 4.12. The van der Waals surface area contributed by atoms with E-state index in [2.05, 4.69) is 12.2 Å². The topological polar surface area (TPSA) is 56.5 Å². The van der Waals surface area contributed by atoms with Gasteiger partial charge in [-0.3, -0.25) is 0 Å². The minimum absolute atomic E-state index is 0.527. The van der Waals surface area contributed by atoms with Crippen LogP contribution in [0.25, 0.3) is 0 Å². The number of hydrogen-bond acceptors (Lipinski definition) is 4. The summed E-state index contributed by atoms with van der Waals surface area (Å²) >= 11 is 0. The van der Waals surface area contributed by atoms with E-state index >= 15 is 0 Å². The van der Waals surface area contributed by atoms with E-state index in [-0.39, 0.29) is 0 Å². The summed E-state index contributed by atoms with van der Waals surface area (Å²) in [6.45, 7) is 3.74. The minimum Gasteiger partial charge on any atom is -0.497 e. The summed E-state index contributed by atoms with van der Waals surface area (Å²) < 4.78 is 10.5. The third kappa shape index (κ3) is 4.15. The van der Waals surface area contributed by atoms with Crippen LogP contribution < -0.4 is 20.5 Å². The predicted octanol–water partition coefficient (Wildman–Crippen LogP) is 2.10. The number of rotatable bonds is 7. The Balaban J connectivity index is 2.61. The van der Waals surface area contributed by atoms with Crippen LogP contribution in [0, 0.1) is 5.92 Å². The maximum Gasteiger partial charge on any atom is 0.142 e. The van der Waals surface area contributed by atoms with E-state index in [1.165, 1.54) is 0 Å². The summed E-state index contributed by atoms with van der Waals surface area (Å²) in [6.07, 6.45) is 1.04. The van der Waals surface area contributed by atoms with Crippen molar-refractivity contribution in [1.29, 1.82) is 0 Å². The summed E-state index contributed by atoms with van der Waals surface area (Å²) in [5.74, 6) is 2.17. The van der Waals surface area contributed by atoms with E-state index < -0.39 is 0 Å². The van der Waals surface area contributed by atoms with Gasteiger partial charge < -0.3 is 20.5 Å². The number of methoxy groups -OCH3 is 2. The van der Waals surface area contributed by atoms with Gasteiger partial charge in [0.05, 0.1) is 19.9 Å². The molecule has 17 heavy (non-hydrogen) atoms. The molecule has 0 saturated heterocycles. The van der Waals surface area contributed by atoms with Crippen molar-refractivity contribution in [2.75, 3.05) is 32.6 Å². The van der Waals surface area contributed by atoms with Gasteiger partial charge in [-0.2, -0.15) is 0 Å². The average Bonchev–Trinajstić information content (AvgIpc) is 2.38. The predicted molar refractivity (Wildman–Crippen MR) is 70.9 cm³/mol. The molecular formula is C13H22N2O2. The maximum absolute atomic E-state index is 5.58. The molecule has 0 aliphatic heterocycles. The van der Waals surface area contributed by atoms with Crippen LogP contribution in [0.1, 0.15) is 13.3 Å². The Morgan fingerprint density at radius 3 is 2.65 bits per heavy atom. The zero-order chi connectivity index (χ0) is 12.7. The number of nitrogens with two attached hydrogens (primary N) is 1. The first-order valence-corrected chi connectivity index (χ1v) is 5.87. The molecule has 96 valence electrons. The van der Waals surface area contributed by atoms with Gasteiger partial charge in [-0.15, -0.1) is 0 Å². The van der Waals surface area contributed by atoms with Crippen LogP contribution in [0.4, 0.5) is 5.69 Å². The molecule has 0 aromatic heterocycles. The van der Waals surface area contributed by atoms with Gasteiger partial charge in [-0.25, -0.2) is 0 Å². The Morgan fingerprint density at radius 1 is 1.29 bits per heavy atom. The molecule has 0 fully saturated rings. The lowest BCUT2D eigenvalue weighted by Crippen LogP contribution is -2.15. The van der Waals surface area contributed by atoms with E-state index in [4.69, 9.17) is 15.2 Å². The Kier molecular flexibility index (Phi) is 5.63. The molecule has 3 N–H and O–H groups in total. The first kappa shape index (κ1) is 13.6. The molecule has 1 rings (SSSR count). The summed E-state index contributed by atoms with van der Waals surface area (Å²) in [7, 11) is 3.32. The third-order valence-electron chi connectivity index (χ3n) is 2.76. The quantitative estimate of drug-likeness (QED) is 0.764. The van der Waals surface area contributed by atoms with Gasteiger partial charge in [0, 0.05) is 12.6 Å². The van der Waals surface area contributed by atoms with Gasteiger partial charge >= 0.3 is 0 Å². The molecule has 0 saturated carbocycles. The Labute approximate surface area is 103 Å². The van der Waals surface area contributed by atoms with Crippen molar-refractivity contribution < 1.29 is 9.47 Å². The van der Waals surface area contributed by atoms with Crippen LogP contribution in [0.2, 0.25) is 0 Å². The van der Waals surface area contributed by atoms with Crippen LogP contribution in [0.5, 0.6) is 11.5 Å². The fourth-order valence-electron chi connectivity index (χ4n) is 1.52. The van der Waals surface area contributed by atoms with Crippen molar-refractivity contribution in [2.45, 2.75) is 13.3 Å². The first-order valence-electron chi connectivity index (χ1n) is 5.87. The highest BCUT2D eigenvalue weighted by atomic mass is 16.5. The lowest BCUT2D eigenvalue weighted by atomic mass is 10.1. The standard InChI is InChI=1S/C13H22N2O2/c1-10(9-14)6-7-15-12-8-11(16-2)4-5-13(12)17-3/h4-5,8,10,15H,6-7,9,14H2,1-3H3. The molecule has 1 aromatic rings. The molecule has 0 aliphatic carbocycles. The summed E-state index contributed by atoms with van der Waals surface area (Å²) in [5, 5.41) is 3.34. The number of hydrogen-bond donors (Lipinski definition) is 2. The number of benzene rings is 1. The molecule has 0 bridgehead atoms. The van der Waals surface area contributed by atoms with Crippen molar-refractivity contribution in [3.63, 3.8) is 0 Å². The van der Waals surface area contributed by atoms with Crippen molar-refractivity contribution in [3.05, 3.63) is 18.2 Å². The molecule has 0 aliphatic rings. The van der Waals surface area contributed by atoms with E-state index in [1.54, 1.807) is 14.2 Å². The Hall–Kier alpha value is -1.42. The molecule has 0 heterocycles. The normalized spacial score (nSPS) is 12.0. The van der Waals surface area contributed by atoms with E-state index in [0.29, 0.717) is 5.92 Å². The van der Waals surface area contributed by atoms with E-state index in [9.17, 15) is 0 Å². The molecule has 4 nitrogen and oxygen atoms in total. The van der Waals surface area contributed by atoms with Crippen LogP contribution in [-0.4, -0.2) is 27.3 Å². The van der Waals surface area contributed by atoms with Gasteiger partial charge in [0.2, 0.25) is 0 Å². The fourth-order valence-corrected chi connectivity index (χ4v) is 1.52. The van der Waals surface area contributed by atoms with Crippen LogP contribution >= 0.6 is 0 Å². The van der Waals surface area contributed by atoms with Gasteiger partial charge in [0.15, 0.2) is 0 Å². The zero-order valence-electron chi connectivity index (χ0n) is 10.8. The van der Waals surface area contributed by atoms with Crippen molar-refractivity contribution in [3.8, 4) is 11.5 Å². The summed E-state index contributed by atoms with van der Waals surface area (Å²) in [5.41, 5.74) is 6.54. The lowest BCUT2D eigenvalue weighted by Gasteiger charge is -2.14. The van der Waals surface area contributed by atoms with Crippen molar-refractivity contribution >= 4 is 5.69 Å². The zero-order valence-corrected chi connectivity index (χ0v) is 10.8. The second kappa shape index (κ2) is 7.01. The van der Waals surface area contributed by atoms with E-state index in [0.717, 1.165) is 36.7 Å². The fraction of sp³-hybridized carbons (Fsp3) is 0.538. The summed E-state index contributed by atoms with van der Waals surface area (Å²) in [6, 6.07) is 5.71. The molecule has 0 radical (unpaired) electrons. The molecular weight excluding hydrogens is 216 g/mol. The van der Waals surface area contributed by atoms with Gasteiger partial charge in [-0.1, -0.05) is 6.92 Å². The Morgan fingerprint density at radius 2 is 2.06 bits per heavy atom. The highest BCUT2D eigenvalue weighted by Crippen LogP contribution is 2.28. The number of nitrogens with one attached hydrogen (secondary N) is 1. The monoisotopic (exact) mass is 238 g/mol. The highest BCUT2D eigenvalue weighted by molar-refractivity contribution is 5.59. The second-order valence-corrected chi connectivity index (χ2v) is 4.12. The molecule has 1 atom stereocenters. The van der Waals surface area contributed by atoms with Crippen LogP contribution in [0.3, 0.4) is 0 Å². The maximum atomic E-state index is 5.58. The largest absolute Gasteiger partial charge is 0.497 e. The molecule has 4 heteroatoms.